The Hall–Kier alpha value is -1.15. The molecule has 0 aromatic heterocycles. The lowest BCUT2D eigenvalue weighted by atomic mass is 9.69. The largest absolute Gasteiger partial charge is 0.299 e. The van der Waals surface area contributed by atoms with Crippen LogP contribution < -0.4 is 0 Å². The van der Waals surface area contributed by atoms with Crippen LogP contribution in [0.2, 0.25) is 0 Å². The van der Waals surface area contributed by atoms with Gasteiger partial charge in [-0.05, 0) is 12.0 Å². The minimum Gasteiger partial charge on any atom is -0.299 e. The number of Topliss-reactive ketones (excluding diaryl/α,β-unsaturated/α-hetero) is 1. The van der Waals surface area contributed by atoms with Gasteiger partial charge >= 0.3 is 0 Å². The Balaban J connectivity index is 1.64. The van der Waals surface area contributed by atoms with Crippen LogP contribution >= 0.6 is 0 Å². The third-order valence-electron chi connectivity index (χ3n) is 3.58. The van der Waals surface area contributed by atoms with Gasteiger partial charge in [-0.3, -0.25) is 9.69 Å². The van der Waals surface area contributed by atoms with Crippen molar-refractivity contribution in [1.29, 1.82) is 0 Å². The van der Waals surface area contributed by atoms with E-state index in [0.717, 1.165) is 26.1 Å². The number of carbonyl (C=O) groups is 1. The van der Waals surface area contributed by atoms with E-state index in [1.165, 1.54) is 5.56 Å². The topological polar surface area (TPSA) is 20.3 Å². The Kier molecular flexibility index (Phi) is 2.10. The lowest BCUT2D eigenvalue weighted by Gasteiger charge is -2.45. The van der Waals surface area contributed by atoms with Crippen LogP contribution in [0.15, 0.2) is 30.3 Å². The molecule has 0 amide bonds. The normalized spacial score (nSPS) is 30.0. The highest BCUT2D eigenvalue weighted by atomic mass is 16.1. The minimum absolute atomic E-state index is 0.354. The number of hydrogen-bond acceptors (Lipinski definition) is 2. The molecule has 2 aliphatic heterocycles. The Bertz CT molecular complexity index is 359. The minimum atomic E-state index is 0.354. The Labute approximate surface area is 89.9 Å². The molecule has 0 radical (unpaired) electrons. The van der Waals surface area contributed by atoms with Gasteiger partial charge in [0.15, 0.2) is 0 Å². The number of piperidine rings is 2. The molecule has 1 aromatic rings. The zero-order valence-electron chi connectivity index (χ0n) is 8.73. The summed E-state index contributed by atoms with van der Waals surface area (Å²) in [6.07, 6.45) is 1.14. The monoisotopic (exact) mass is 201 g/mol. The van der Waals surface area contributed by atoms with Crippen molar-refractivity contribution in [2.75, 3.05) is 13.1 Å². The zero-order valence-corrected chi connectivity index (χ0v) is 8.73. The predicted molar refractivity (Wildman–Crippen MR) is 58.3 cm³/mol. The molecule has 2 heteroatoms. The molecule has 1 aliphatic carbocycles. The van der Waals surface area contributed by atoms with Crippen molar-refractivity contribution in [2.45, 2.75) is 13.0 Å². The van der Waals surface area contributed by atoms with Crippen LogP contribution in [0.4, 0.5) is 0 Å². The SMILES string of the molecule is O=C1C2CC1CN(Cc1ccccc1)C2. The van der Waals surface area contributed by atoms with E-state index in [4.69, 9.17) is 0 Å². The van der Waals surface area contributed by atoms with Crippen LogP contribution in [0.25, 0.3) is 0 Å². The van der Waals surface area contributed by atoms with Crippen molar-refractivity contribution in [3.8, 4) is 0 Å². The number of carbonyl (C=O) groups excluding carboxylic acids is 1. The first-order valence-electron chi connectivity index (χ1n) is 5.63. The van der Waals surface area contributed by atoms with E-state index in [1.807, 2.05) is 6.07 Å². The zero-order chi connectivity index (χ0) is 10.3. The number of fused-ring (bicyclic) bond motifs is 2. The van der Waals surface area contributed by atoms with E-state index in [2.05, 4.69) is 29.2 Å². The second-order valence-electron chi connectivity index (χ2n) is 4.71. The quantitative estimate of drug-likeness (QED) is 0.726. The van der Waals surface area contributed by atoms with Gasteiger partial charge in [0.05, 0.1) is 0 Å². The second-order valence-corrected chi connectivity index (χ2v) is 4.71. The first kappa shape index (κ1) is 9.10. The van der Waals surface area contributed by atoms with Crippen LogP contribution in [0.3, 0.4) is 0 Å². The smallest absolute Gasteiger partial charge is 0.141 e. The van der Waals surface area contributed by atoms with E-state index in [-0.39, 0.29) is 0 Å². The third-order valence-corrected chi connectivity index (χ3v) is 3.58. The van der Waals surface area contributed by atoms with Crippen molar-refractivity contribution in [3.63, 3.8) is 0 Å². The number of nitrogens with zero attached hydrogens (tertiary/aromatic N) is 1. The third kappa shape index (κ3) is 1.59. The predicted octanol–water partition coefficient (Wildman–Crippen LogP) is 1.71. The Morgan fingerprint density at radius 3 is 2.40 bits per heavy atom. The number of rotatable bonds is 2. The van der Waals surface area contributed by atoms with Gasteiger partial charge in [-0.25, -0.2) is 0 Å². The van der Waals surface area contributed by atoms with Gasteiger partial charge in [-0.1, -0.05) is 30.3 Å². The molecule has 78 valence electrons. The Morgan fingerprint density at radius 1 is 1.13 bits per heavy atom. The fourth-order valence-electron chi connectivity index (χ4n) is 2.75. The lowest BCUT2D eigenvalue weighted by Crippen LogP contribution is -2.55. The molecule has 2 saturated heterocycles. The molecule has 3 fully saturated rings. The molecule has 2 atom stereocenters. The average Bonchev–Trinajstić information content (AvgIpc) is 2.30. The molecule has 4 rings (SSSR count). The first-order valence-corrected chi connectivity index (χ1v) is 5.63. The van der Waals surface area contributed by atoms with Crippen molar-refractivity contribution in [3.05, 3.63) is 35.9 Å². The van der Waals surface area contributed by atoms with Crippen molar-refractivity contribution in [2.24, 2.45) is 11.8 Å². The average molecular weight is 201 g/mol. The maximum absolute atomic E-state index is 11.4. The molecule has 3 aliphatic rings. The van der Waals surface area contributed by atoms with E-state index >= 15 is 0 Å². The molecule has 0 N–H and O–H groups in total. The highest BCUT2D eigenvalue weighted by Crippen LogP contribution is 2.36. The summed E-state index contributed by atoms with van der Waals surface area (Å²) in [5.74, 6) is 1.22. The maximum atomic E-state index is 11.4. The molecule has 2 unspecified atom stereocenters. The van der Waals surface area contributed by atoms with Crippen LogP contribution in [0, 0.1) is 11.8 Å². The van der Waals surface area contributed by atoms with E-state index in [1.54, 1.807) is 0 Å². The summed E-state index contributed by atoms with van der Waals surface area (Å²) in [4.78, 5) is 13.8. The molecule has 15 heavy (non-hydrogen) atoms. The summed E-state index contributed by atoms with van der Waals surface area (Å²) in [5, 5.41) is 0. The molecular weight excluding hydrogens is 186 g/mol. The van der Waals surface area contributed by atoms with Crippen molar-refractivity contribution < 1.29 is 4.79 Å². The number of benzene rings is 1. The van der Waals surface area contributed by atoms with Crippen LogP contribution in [0.1, 0.15) is 12.0 Å². The molecule has 2 bridgehead atoms. The standard InChI is InChI=1S/C13H15NO/c15-13-11-6-12(13)9-14(8-11)7-10-4-2-1-3-5-10/h1-5,11-12H,6-9H2. The summed E-state index contributed by atoms with van der Waals surface area (Å²) >= 11 is 0. The van der Waals surface area contributed by atoms with Gasteiger partial charge in [-0.15, -0.1) is 0 Å². The summed E-state index contributed by atoms with van der Waals surface area (Å²) in [7, 11) is 0. The second kappa shape index (κ2) is 3.46. The fourth-order valence-corrected chi connectivity index (χ4v) is 2.75. The highest BCUT2D eigenvalue weighted by molar-refractivity contribution is 5.90. The summed E-state index contributed by atoms with van der Waals surface area (Å²) in [6.45, 7) is 2.95. The molecule has 1 aromatic carbocycles. The molecule has 0 spiro atoms. The summed E-state index contributed by atoms with van der Waals surface area (Å²) < 4.78 is 0. The van der Waals surface area contributed by atoms with Gasteiger partial charge in [0.25, 0.3) is 0 Å². The fraction of sp³-hybridized carbons (Fsp3) is 0.462. The van der Waals surface area contributed by atoms with Gasteiger partial charge in [-0.2, -0.15) is 0 Å². The molecule has 2 heterocycles. The van der Waals surface area contributed by atoms with E-state index in [0.29, 0.717) is 17.6 Å². The lowest BCUT2D eigenvalue weighted by molar-refractivity contribution is -0.143. The van der Waals surface area contributed by atoms with E-state index in [9.17, 15) is 4.79 Å². The highest BCUT2D eigenvalue weighted by Gasteiger charge is 2.45. The molecular formula is C13H15NO. The molecule has 2 nitrogen and oxygen atoms in total. The van der Waals surface area contributed by atoms with Gasteiger partial charge < -0.3 is 0 Å². The van der Waals surface area contributed by atoms with Crippen LogP contribution in [-0.2, 0) is 11.3 Å². The van der Waals surface area contributed by atoms with Crippen LogP contribution in [-0.4, -0.2) is 23.8 Å². The van der Waals surface area contributed by atoms with Crippen molar-refractivity contribution in [1.82, 2.24) is 4.90 Å². The van der Waals surface area contributed by atoms with Crippen LogP contribution in [0.5, 0.6) is 0 Å². The van der Waals surface area contributed by atoms with E-state index < -0.39 is 0 Å². The molecule has 1 saturated carbocycles. The van der Waals surface area contributed by atoms with Crippen molar-refractivity contribution >= 4 is 5.78 Å². The summed E-state index contributed by atoms with van der Waals surface area (Å²) in [5.41, 5.74) is 1.35. The maximum Gasteiger partial charge on any atom is 0.141 e. The first-order chi connectivity index (χ1) is 7.33. The Morgan fingerprint density at radius 2 is 1.80 bits per heavy atom. The summed E-state index contributed by atoms with van der Waals surface area (Å²) in [6, 6.07) is 10.5. The number of hydrogen-bond donors (Lipinski definition) is 0. The number of ketones is 1. The van der Waals surface area contributed by atoms with Gasteiger partial charge in [0.1, 0.15) is 5.78 Å². The van der Waals surface area contributed by atoms with Gasteiger partial charge in [0, 0.05) is 31.5 Å². The van der Waals surface area contributed by atoms with Gasteiger partial charge in [0.2, 0.25) is 0 Å².